The van der Waals surface area contributed by atoms with Crippen LogP contribution in [-0.4, -0.2) is 56.3 Å². The Bertz CT molecular complexity index is 1280. The molecule has 2 aromatic heterocycles. The molecule has 2 atom stereocenters. The molecular formula is C27H33F2N5O2. The molecule has 1 saturated heterocycles. The topological polar surface area (TPSA) is 63.5 Å². The molecule has 1 aromatic carbocycles. The summed E-state index contributed by atoms with van der Waals surface area (Å²) in [7, 11) is 0. The van der Waals surface area contributed by atoms with Gasteiger partial charge in [-0.15, -0.1) is 0 Å². The summed E-state index contributed by atoms with van der Waals surface area (Å²) in [6.07, 6.45) is 6.42. The summed E-state index contributed by atoms with van der Waals surface area (Å²) >= 11 is 0. The first kappa shape index (κ1) is 24.5. The highest BCUT2D eigenvalue weighted by Gasteiger charge is 2.37. The summed E-state index contributed by atoms with van der Waals surface area (Å²) in [4.78, 5) is 26.1. The fourth-order valence-electron chi connectivity index (χ4n) is 5.19. The van der Waals surface area contributed by atoms with Gasteiger partial charge in [-0.2, -0.15) is 0 Å². The van der Waals surface area contributed by atoms with Crippen LogP contribution in [0.1, 0.15) is 65.4 Å². The van der Waals surface area contributed by atoms with Gasteiger partial charge in [-0.05, 0) is 71.1 Å². The molecule has 9 heteroatoms. The Morgan fingerprint density at radius 1 is 1.03 bits per heavy atom. The second-order valence-electron chi connectivity index (χ2n) is 11.1. The van der Waals surface area contributed by atoms with Crippen LogP contribution in [0.5, 0.6) is 0 Å². The third-order valence-electron chi connectivity index (χ3n) is 7.15. The highest BCUT2D eigenvalue weighted by atomic mass is 19.1. The van der Waals surface area contributed by atoms with Crippen LogP contribution in [0.4, 0.5) is 19.4 Å². The fourth-order valence-corrected chi connectivity index (χ4v) is 5.19. The van der Waals surface area contributed by atoms with Crippen molar-refractivity contribution in [3.05, 3.63) is 47.9 Å². The van der Waals surface area contributed by atoms with E-state index >= 15 is 0 Å². The standard InChI is InChI=1S/C27H33F2N5O2/c1-16-13-33(26(35)36-27(3,4)5)17(2)12-32(16)24-23-22(18-7-6-8-18)14-34(25(23)31-15-30-24)21-10-19(28)9-20(29)11-21/h9-11,14-18H,6-8,12-13H2,1-5H3/t16-,17+/m0/s1. The number of fused-ring (bicyclic) bond motifs is 1. The van der Waals surface area contributed by atoms with Crippen molar-refractivity contribution in [3.8, 4) is 5.69 Å². The van der Waals surface area contributed by atoms with Crippen LogP contribution in [0.15, 0.2) is 30.7 Å². The molecule has 1 amide bonds. The lowest BCUT2D eigenvalue weighted by molar-refractivity contribution is 0.0130. The number of aromatic nitrogens is 3. The summed E-state index contributed by atoms with van der Waals surface area (Å²) < 4.78 is 35.6. The number of carbonyl (C=O) groups is 1. The Balaban J connectivity index is 1.56. The smallest absolute Gasteiger partial charge is 0.410 e. The zero-order valence-electron chi connectivity index (χ0n) is 21.5. The Morgan fingerprint density at radius 3 is 2.33 bits per heavy atom. The van der Waals surface area contributed by atoms with Gasteiger partial charge in [0.15, 0.2) is 0 Å². The van der Waals surface area contributed by atoms with Crippen LogP contribution >= 0.6 is 0 Å². The maximum Gasteiger partial charge on any atom is 0.410 e. The molecule has 0 N–H and O–H groups in total. The van der Waals surface area contributed by atoms with Crippen molar-refractivity contribution in [2.24, 2.45) is 0 Å². The van der Waals surface area contributed by atoms with Gasteiger partial charge < -0.3 is 19.1 Å². The molecule has 36 heavy (non-hydrogen) atoms. The van der Waals surface area contributed by atoms with Crippen LogP contribution in [-0.2, 0) is 4.74 Å². The molecule has 0 bridgehead atoms. The van der Waals surface area contributed by atoms with E-state index in [0.717, 1.165) is 42.1 Å². The van der Waals surface area contributed by atoms with Gasteiger partial charge in [0.05, 0.1) is 11.1 Å². The first-order valence-electron chi connectivity index (χ1n) is 12.6. The highest BCUT2D eigenvalue weighted by molar-refractivity contribution is 5.93. The Morgan fingerprint density at radius 2 is 1.72 bits per heavy atom. The van der Waals surface area contributed by atoms with Crippen molar-refractivity contribution in [3.63, 3.8) is 0 Å². The minimum atomic E-state index is -0.632. The molecule has 0 radical (unpaired) electrons. The predicted molar refractivity (Wildman–Crippen MR) is 135 cm³/mol. The highest BCUT2D eigenvalue weighted by Crippen LogP contribution is 2.44. The Hall–Kier alpha value is -3.23. The second-order valence-corrected chi connectivity index (χ2v) is 11.1. The molecule has 0 unspecified atom stereocenters. The van der Waals surface area contributed by atoms with Gasteiger partial charge in [0.2, 0.25) is 0 Å². The van der Waals surface area contributed by atoms with E-state index in [1.165, 1.54) is 18.5 Å². The summed E-state index contributed by atoms with van der Waals surface area (Å²) in [5, 5.41) is 0.914. The number of hydrogen-bond donors (Lipinski definition) is 0. The van der Waals surface area contributed by atoms with Crippen molar-refractivity contribution in [2.75, 3.05) is 18.0 Å². The van der Waals surface area contributed by atoms with Crippen molar-refractivity contribution >= 4 is 22.9 Å². The number of piperazine rings is 1. The van der Waals surface area contributed by atoms with Crippen LogP contribution in [0.25, 0.3) is 16.7 Å². The summed E-state index contributed by atoms with van der Waals surface area (Å²) in [5.74, 6) is -0.118. The number of carbonyl (C=O) groups excluding carboxylic acids is 1. The molecule has 3 heterocycles. The van der Waals surface area contributed by atoms with E-state index in [1.807, 2.05) is 33.9 Å². The number of nitrogens with zero attached hydrogens (tertiary/aromatic N) is 5. The first-order chi connectivity index (χ1) is 17.0. The van der Waals surface area contributed by atoms with E-state index in [2.05, 4.69) is 16.8 Å². The molecule has 7 nitrogen and oxygen atoms in total. The van der Waals surface area contributed by atoms with E-state index < -0.39 is 17.2 Å². The number of ether oxygens (including phenoxy) is 1. The zero-order chi connectivity index (χ0) is 25.8. The quantitative estimate of drug-likeness (QED) is 0.458. The molecule has 3 aromatic rings. The average molecular weight is 498 g/mol. The lowest BCUT2D eigenvalue weighted by Gasteiger charge is -2.45. The zero-order valence-corrected chi connectivity index (χ0v) is 21.5. The van der Waals surface area contributed by atoms with E-state index in [9.17, 15) is 13.6 Å². The van der Waals surface area contributed by atoms with Gasteiger partial charge in [0.1, 0.15) is 35.0 Å². The van der Waals surface area contributed by atoms with E-state index in [-0.39, 0.29) is 18.2 Å². The monoisotopic (exact) mass is 497 g/mol. The molecular weight excluding hydrogens is 464 g/mol. The van der Waals surface area contributed by atoms with Gasteiger partial charge in [-0.1, -0.05) is 6.42 Å². The number of anilines is 1. The molecule has 2 aliphatic rings. The Kier molecular flexibility index (Phi) is 6.12. The lowest BCUT2D eigenvalue weighted by atomic mass is 9.80. The summed E-state index contributed by atoms with van der Waals surface area (Å²) in [6, 6.07) is 3.40. The number of hydrogen-bond acceptors (Lipinski definition) is 5. The number of rotatable bonds is 3. The van der Waals surface area contributed by atoms with Gasteiger partial charge in [-0.3, -0.25) is 0 Å². The van der Waals surface area contributed by atoms with Crippen molar-refractivity contribution in [1.29, 1.82) is 0 Å². The van der Waals surface area contributed by atoms with Crippen molar-refractivity contribution in [1.82, 2.24) is 19.4 Å². The average Bonchev–Trinajstić information content (AvgIpc) is 3.11. The molecule has 5 rings (SSSR count). The fraction of sp³-hybridized carbons (Fsp3) is 0.519. The minimum Gasteiger partial charge on any atom is -0.444 e. The van der Waals surface area contributed by atoms with Crippen LogP contribution < -0.4 is 4.90 Å². The third kappa shape index (κ3) is 4.51. The van der Waals surface area contributed by atoms with E-state index in [0.29, 0.717) is 30.3 Å². The molecule has 1 saturated carbocycles. The molecule has 1 aliphatic heterocycles. The maximum absolute atomic E-state index is 14.1. The number of benzene rings is 1. The lowest BCUT2D eigenvalue weighted by Crippen LogP contribution is -2.59. The first-order valence-corrected chi connectivity index (χ1v) is 12.6. The maximum atomic E-state index is 14.1. The van der Waals surface area contributed by atoms with Crippen LogP contribution in [0.3, 0.4) is 0 Å². The third-order valence-corrected chi connectivity index (χ3v) is 7.15. The van der Waals surface area contributed by atoms with E-state index in [4.69, 9.17) is 9.72 Å². The second kappa shape index (κ2) is 9.01. The molecule has 2 fully saturated rings. The van der Waals surface area contributed by atoms with Gasteiger partial charge in [0.25, 0.3) is 0 Å². The Labute approximate surface area is 210 Å². The largest absolute Gasteiger partial charge is 0.444 e. The number of halogens is 2. The predicted octanol–water partition coefficient (Wildman–Crippen LogP) is 5.80. The van der Waals surface area contributed by atoms with Crippen molar-refractivity contribution in [2.45, 2.75) is 77.5 Å². The SMILES string of the molecule is C[C@@H]1CN(c2ncnc3c2c(C2CCC2)cn3-c2cc(F)cc(F)c2)[C@@H](C)CN1C(=O)OC(C)(C)C. The van der Waals surface area contributed by atoms with E-state index in [1.54, 1.807) is 9.47 Å². The van der Waals surface area contributed by atoms with Crippen LogP contribution in [0, 0.1) is 11.6 Å². The summed E-state index contributed by atoms with van der Waals surface area (Å²) in [6.45, 7) is 10.7. The molecule has 0 spiro atoms. The van der Waals surface area contributed by atoms with Crippen molar-refractivity contribution < 1.29 is 18.3 Å². The minimum absolute atomic E-state index is 0.0176. The van der Waals surface area contributed by atoms with Gasteiger partial charge in [-0.25, -0.2) is 23.5 Å². The molecule has 192 valence electrons. The van der Waals surface area contributed by atoms with Gasteiger partial charge in [0, 0.05) is 37.4 Å². The van der Waals surface area contributed by atoms with Crippen LogP contribution in [0.2, 0.25) is 0 Å². The summed E-state index contributed by atoms with van der Waals surface area (Å²) in [5.41, 5.74) is 1.56. The molecule has 1 aliphatic carbocycles. The van der Waals surface area contributed by atoms with Gasteiger partial charge >= 0.3 is 6.09 Å². The number of amides is 1. The normalized spacial score (nSPS) is 21.1.